The van der Waals surface area contributed by atoms with Gasteiger partial charge in [-0.05, 0) is 29.8 Å². The van der Waals surface area contributed by atoms with E-state index in [-0.39, 0.29) is 5.91 Å². The first-order valence-corrected chi connectivity index (χ1v) is 8.13. The van der Waals surface area contributed by atoms with E-state index < -0.39 is 0 Å². The van der Waals surface area contributed by atoms with Gasteiger partial charge in [-0.3, -0.25) is 4.79 Å². The summed E-state index contributed by atoms with van der Waals surface area (Å²) in [5.74, 6) is 0.367. The smallest absolute Gasteiger partial charge is 0.258 e. The van der Waals surface area contributed by atoms with Crippen LogP contribution in [0.15, 0.2) is 65.3 Å². The Morgan fingerprint density at radius 3 is 2.61 bits per heavy atom. The number of rotatable bonds is 4. The summed E-state index contributed by atoms with van der Waals surface area (Å²) in [6.45, 7) is 0.568. The molecule has 6 heteroatoms. The van der Waals surface area contributed by atoms with Crippen LogP contribution in [-0.2, 0) is 6.54 Å². The maximum Gasteiger partial charge on any atom is 0.258 e. The van der Waals surface area contributed by atoms with Gasteiger partial charge in [-0.1, -0.05) is 51.8 Å². The Morgan fingerprint density at radius 1 is 1.13 bits per heavy atom. The number of carbonyl (C=O) groups is 1. The van der Waals surface area contributed by atoms with Crippen molar-refractivity contribution in [1.29, 1.82) is 0 Å². The van der Waals surface area contributed by atoms with Gasteiger partial charge < -0.3 is 5.32 Å². The van der Waals surface area contributed by atoms with Gasteiger partial charge in [-0.2, -0.15) is 5.10 Å². The van der Waals surface area contributed by atoms with E-state index in [0.29, 0.717) is 22.9 Å². The van der Waals surface area contributed by atoms with Crippen molar-refractivity contribution in [1.82, 2.24) is 9.78 Å². The molecule has 0 saturated carbocycles. The summed E-state index contributed by atoms with van der Waals surface area (Å²) in [7, 11) is 0. The molecule has 1 N–H and O–H groups in total. The fourth-order valence-electron chi connectivity index (χ4n) is 2.16. The first kappa shape index (κ1) is 15.8. The molecule has 0 bridgehead atoms. The number of benzene rings is 2. The molecular formula is C17H13BrClN3O. The number of anilines is 1. The van der Waals surface area contributed by atoms with Crippen LogP contribution in [0, 0.1) is 0 Å². The van der Waals surface area contributed by atoms with Crippen molar-refractivity contribution in [3.05, 3.63) is 81.4 Å². The van der Waals surface area contributed by atoms with Gasteiger partial charge in [0.05, 0.1) is 23.3 Å². The molecular weight excluding hydrogens is 378 g/mol. The zero-order chi connectivity index (χ0) is 16.2. The van der Waals surface area contributed by atoms with E-state index in [1.165, 1.54) is 0 Å². The standard InChI is InChI=1S/C17H13BrClN3O/c18-13-7-5-12(6-8-13)11-22-16(9-10-20-22)21-17(23)14-3-1-2-4-15(14)19/h1-10H,11H2,(H,21,23). The summed E-state index contributed by atoms with van der Waals surface area (Å²) < 4.78 is 2.76. The van der Waals surface area contributed by atoms with Crippen LogP contribution >= 0.6 is 27.5 Å². The van der Waals surface area contributed by atoms with E-state index in [0.717, 1.165) is 10.0 Å². The van der Waals surface area contributed by atoms with Gasteiger partial charge >= 0.3 is 0 Å². The molecule has 2 aromatic carbocycles. The summed E-state index contributed by atoms with van der Waals surface area (Å²) >= 11 is 9.47. The lowest BCUT2D eigenvalue weighted by molar-refractivity contribution is 0.102. The van der Waals surface area contributed by atoms with Gasteiger partial charge in [0.1, 0.15) is 5.82 Å². The van der Waals surface area contributed by atoms with E-state index in [1.54, 1.807) is 41.2 Å². The van der Waals surface area contributed by atoms with Crippen molar-refractivity contribution in [3.8, 4) is 0 Å². The minimum atomic E-state index is -0.256. The van der Waals surface area contributed by atoms with E-state index in [9.17, 15) is 4.79 Å². The lowest BCUT2D eigenvalue weighted by Gasteiger charge is -2.10. The SMILES string of the molecule is O=C(Nc1ccnn1Cc1ccc(Br)cc1)c1ccccc1Cl. The van der Waals surface area contributed by atoms with Crippen LogP contribution in [0.25, 0.3) is 0 Å². The lowest BCUT2D eigenvalue weighted by atomic mass is 10.2. The van der Waals surface area contributed by atoms with Crippen molar-refractivity contribution in [2.24, 2.45) is 0 Å². The Kier molecular flexibility index (Phi) is 4.79. The monoisotopic (exact) mass is 389 g/mol. The highest BCUT2D eigenvalue weighted by Gasteiger charge is 2.12. The van der Waals surface area contributed by atoms with Crippen molar-refractivity contribution in [3.63, 3.8) is 0 Å². The molecule has 0 saturated heterocycles. The van der Waals surface area contributed by atoms with E-state index in [1.807, 2.05) is 24.3 Å². The maximum absolute atomic E-state index is 12.3. The summed E-state index contributed by atoms with van der Waals surface area (Å²) in [6.07, 6.45) is 1.65. The number of hydrogen-bond acceptors (Lipinski definition) is 2. The molecule has 116 valence electrons. The summed E-state index contributed by atoms with van der Waals surface area (Å²) in [4.78, 5) is 12.3. The second-order valence-corrected chi connectivity index (χ2v) is 6.26. The number of hydrogen-bond donors (Lipinski definition) is 1. The summed E-state index contributed by atoms with van der Waals surface area (Å²) in [5.41, 5.74) is 1.52. The van der Waals surface area contributed by atoms with Gasteiger partial charge in [0, 0.05) is 10.5 Å². The van der Waals surface area contributed by atoms with E-state index in [4.69, 9.17) is 11.6 Å². The normalized spacial score (nSPS) is 10.5. The van der Waals surface area contributed by atoms with Crippen LogP contribution in [0.4, 0.5) is 5.82 Å². The summed E-state index contributed by atoms with van der Waals surface area (Å²) in [6, 6.07) is 16.7. The molecule has 1 aromatic heterocycles. The highest BCUT2D eigenvalue weighted by molar-refractivity contribution is 9.10. The zero-order valence-corrected chi connectivity index (χ0v) is 14.4. The Bertz CT molecular complexity index is 830. The van der Waals surface area contributed by atoms with Gasteiger partial charge in [-0.15, -0.1) is 0 Å². The van der Waals surface area contributed by atoms with Gasteiger partial charge in [-0.25, -0.2) is 4.68 Å². The fourth-order valence-corrected chi connectivity index (χ4v) is 2.64. The molecule has 0 aliphatic carbocycles. The van der Waals surface area contributed by atoms with E-state index >= 15 is 0 Å². The molecule has 0 fully saturated rings. The van der Waals surface area contributed by atoms with Crippen LogP contribution < -0.4 is 5.32 Å². The second-order valence-electron chi connectivity index (χ2n) is 4.93. The molecule has 1 heterocycles. The Balaban J connectivity index is 1.77. The highest BCUT2D eigenvalue weighted by Crippen LogP contribution is 2.18. The van der Waals surface area contributed by atoms with E-state index in [2.05, 4.69) is 26.3 Å². The highest BCUT2D eigenvalue weighted by atomic mass is 79.9. The van der Waals surface area contributed by atoms with Crippen molar-refractivity contribution in [2.45, 2.75) is 6.54 Å². The number of aromatic nitrogens is 2. The molecule has 0 unspecified atom stereocenters. The van der Waals surface area contributed by atoms with Crippen molar-refractivity contribution >= 4 is 39.3 Å². The molecule has 4 nitrogen and oxygen atoms in total. The number of nitrogens with zero attached hydrogens (tertiary/aromatic N) is 2. The van der Waals surface area contributed by atoms with Crippen LogP contribution in [0.5, 0.6) is 0 Å². The average Bonchev–Trinajstić information content (AvgIpc) is 2.97. The Labute approximate surface area is 147 Å². The minimum absolute atomic E-state index is 0.256. The predicted octanol–water partition coefficient (Wildman–Crippen LogP) is 4.60. The zero-order valence-electron chi connectivity index (χ0n) is 12.0. The summed E-state index contributed by atoms with van der Waals surface area (Å²) in [5, 5.41) is 7.53. The van der Waals surface area contributed by atoms with Gasteiger partial charge in [0.15, 0.2) is 0 Å². The Morgan fingerprint density at radius 2 is 1.87 bits per heavy atom. The number of carbonyl (C=O) groups excluding carboxylic acids is 1. The second kappa shape index (κ2) is 6.98. The third kappa shape index (κ3) is 3.81. The molecule has 0 radical (unpaired) electrons. The molecule has 0 aliphatic heterocycles. The van der Waals surface area contributed by atoms with Crippen LogP contribution in [0.3, 0.4) is 0 Å². The largest absolute Gasteiger partial charge is 0.307 e. The first-order chi connectivity index (χ1) is 11.1. The minimum Gasteiger partial charge on any atom is -0.307 e. The lowest BCUT2D eigenvalue weighted by Crippen LogP contribution is -2.16. The maximum atomic E-state index is 12.3. The predicted molar refractivity (Wildman–Crippen MR) is 94.9 cm³/mol. The van der Waals surface area contributed by atoms with Crippen LogP contribution in [0.2, 0.25) is 5.02 Å². The molecule has 3 aromatic rings. The fraction of sp³-hybridized carbons (Fsp3) is 0.0588. The number of halogens is 2. The van der Waals surface area contributed by atoms with Gasteiger partial charge in [0.2, 0.25) is 0 Å². The van der Waals surface area contributed by atoms with Crippen molar-refractivity contribution in [2.75, 3.05) is 5.32 Å². The number of nitrogens with one attached hydrogen (secondary N) is 1. The third-order valence-electron chi connectivity index (χ3n) is 3.32. The first-order valence-electron chi connectivity index (χ1n) is 6.95. The molecule has 0 atom stereocenters. The third-order valence-corrected chi connectivity index (χ3v) is 4.18. The molecule has 0 aliphatic rings. The number of amides is 1. The Hall–Kier alpha value is -2.11. The van der Waals surface area contributed by atoms with Crippen molar-refractivity contribution < 1.29 is 4.79 Å². The van der Waals surface area contributed by atoms with Gasteiger partial charge in [0.25, 0.3) is 5.91 Å². The quantitative estimate of drug-likeness (QED) is 0.708. The molecule has 23 heavy (non-hydrogen) atoms. The molecule has 3 rings (SSSR count). The topological polar surface area (TPSA) is 46.9 Å². The molecule has 0 spiro atoms. The van der Waals surface area contributed by atoms with Crippen LogP contribution in [0.1, 0.15) is 15.9 Å². The average molecular weight is 391 g/mol. The van der Waals surface area contributed by atoms with Crippen LogP contribution in [-0.4, -0.2) is 15.7 Å². The molecule has 1 amide bonds.